The highest BCUT2D eigenvalue weighted by atomic mass is 16.6. The van der Waals surface area contributed by atoms with Crippen molar-refractivity contribution in [1.82, 2.24) is 5.32 Å². The summed E-state index contributed by atoms with van der Waals surface area (Å²) in [6.07, 6.45) is 0. The van der Waals surface area contributed by atoms with Crippen molar-refractivity contribution in [3.63, 3.8) is 0 Å². The zero-order valence-electron chi connectivity index (χ0n) is 8.34. The van der Waals surface area contributed by atoms with Crippen LogP contribution in [0.4, 0.5) is 11.4 Å². The minimum Gasteiger partial charge on any atom is -0.399 e. The second kappa shape index (κ2) is 5.08. The van der Waals surface area contributed by atoms with Crippen LogP contribution in [0.1, 0.15) is 10.4 Å². The summed E-state index contributed by atoms with van der Waals surface area (Å²) in [6.45, 7) is -0.114. The van der Waals surface area contributed by atoms with Crippen molar-refractivity contribution < 1.29 is 14.8 Å². The average Bonchev–Trinajstić information content (AvgIpc) is 2.24. The number of non-ortho nitro benzene ring substituents is 1. The highest BCUT2D eigenvalue weighted by molar-refractivity contribution is 5.95. The van der Waals surface area contributed by atoms with Crippen LogP contribution in [0.3, 0.4) is 0 Å². The number of nitrogens with two attached hydrogens (primary N) is 1. The Morgan fingerprint density at radius 2 is 2.19 bits per heavy atom. The van der Waals surface area contributed by atoms with Crippen LogP contribution >= 0.6 is 0 Å². The molecule has 4 N–H and O–H groups in total. The number of benzene rings is 1. The summed E-state index contributed by atoms with van der Waals surface area (Å²) in [4.78, 5) is 21.3. The molecule has 86 valence electrons. The second-order valence-electron chi connectivity index (χ2n) is 3.05. The van der Waals surface area contributed by atoms with Crippen LogP contribution in [0.25, 0.3) is 0 Å². The highest BCUT2D eigenvalue weighted by Crippen LogP contribution is 2.18. The first kappa shape index (κ1) is 11.9. The fraction of sp³-hybridized carbons (Fsp3) is 0.222. The predicted molar refractivity (Wildman–Crippen MR) is 56.9 cm³/mol. The Labute approximate surface area is 91.0 Å². The van der Waals surface area contributed by atoms with E-state index in [9.17, 15) is 14.9 Å². The quantitative estimate of drug-likeness (QED) is 0.375. The molecule has 0 aromatic heterocycles. The maximum Gasteiger partial charge on any atom is 0.272 e. The minimum absolute atomic E-state index is 0.0848. The van der Waals surface area contributed by atoms with Crippen LogP contribution in [-0.2, 0) is 0 Å². The first-order valence-corrected chi connectivity index (χ1v) is 4.48. The Bertz CT molecular complexity index is 419. The van der Waals surface area contributed by atoms with Gasteiger partial charge in [0.25, 0.3) is 11.6 Å². The van der Waals surface area contributed by atoms with Gasteiger partial charge in [0.1, 0.15) is 0 Å². The van der Waals surface area contributed by atoms with Crippen molar-refractivity contribution in [3.05, 3.63) is 33.9 Å². The summed E-state index contributed by atoms with van der Waals surface area (Å²) in [6, 6.07) is 3.63. The van der Waals surface area contributed by atoms with Gasteiger partial charge in [-0.1, -0.05) is 0 Å². The molecule has 0 unspecified atom stereocenters. The Balaban J connectivity index is 2.95. The highest BCUT2D eigenvalue weighted by Gasteiger charge is 2.12. The fourth-order valence-corrected chi connectivity index (χ4v) is 1.14. The number of nitrogens with one attached hydrogen (secondary N) is 1. The number of nitrogen functional groups attached to an aromatic ring is 1. The van der Waals surface area contributed by atoms with Crippen LogP contribution in [0, 0.1) is 10.1 Å². The predicted octanol–water partition coefficient (Wildman–Crippen LogP) is -0.101. The van der Waals surface area contributed by atoms with Crippen LogP contribution in [0.15, 0.2) is 18.2 Å². The lowest BCUT2D eigenvalue weighted by atomic mass is 10.1. The third-order valence-corrected chi connectivity index (χ3v) is 1.81. The maximum atomic E-state index is 11.4. The number of hydrogen-bond acceptors (Lipinski definition) is 5. The molecule has 0 saturated carbocycles. The zero-order valence-corrected chi connectivity index (χ0v) is 8.34. The van der Waals surface area contributed by atoms with Gasteiger partial charge in [0.15, 0.2) is 0 Å². The first-order valence-electron chi connectivity index (χ1n) is 4.48. The van der Waals surface area contributed by atoms with Crippen LogP contribution in [0.5, 0.6) is 0 Å². The molecule has 16 heavy (non-hydrogen) atoms. The molecule has 1 aromatic carbocycles. The van der Waals surface area contributed by atoms with Gasteiger partial charge in [-0.25, -0.2) is 0 Å². The van der Waals surface area contributed by atoms with Gasteiger partial charge in [-0.15, -0.1) is 0 Å². The molecule has 0 aliphatic carbocycles. The molecular formula is C9H11N3O4. The average molecular weight is 225 g/mol. The monoisotopic (exact) mass is 225 g/mol. The number of carbonyl (C=O) groups is 1. The largest absolute Gasteiger partial charge is 0.399 e. The lowest BCUT2D eigenvalue weighted by Gasteiger charge is -2.04. The number of aliphatic hydroxyl groups excluding tert-OH is 1. The molecule has 0 fully saturated rings. The lowest BCUT2D eigenvalue weighted by Crippen LogP contribution is -2.26. The summed E-state index contributed by atoms with van der Waals surface area (Å²) < 4.78 is 0. The third kappa shape index (κ3) is 2.92. The number of rotatable bonds is 4. The lowest BCUT2D eigenvalue weighted by molar-refractivity contribution is -0.384. The molecule has 0 saturated heterocycles. The van der Waals surface area contributed by atoms with E-state index < -0.39 is 10.8 Å². The van der Waals surface area contributed by atoms with Crippen molar-refractivity contribution in [1.29, 1.82) is 0 Å². The molecule has 0 radical (unpaired) electrons. The van der Waals surface area contributed by atoms with Gasteiger partial charge < -0.3 is 16.2 Å². The Morgan fingerprint density at radius 1 is 1.50 bits per heavy atom. The Kier molecular flexibility index (Phi) is 3.78. The van der Waals surface area contributed by atoms with Gasteiger partial charge in [-0.3, -0.25) is 14.9 Å². The van der Waals surface area contributed by atoms with Gasteiger partial charge in [0.05, 0.1) is 11.5 Å². The number of nitrogens with zero attached hydrogens (tertiary/aromatic N) is 1. The molecule has 0 heterocycles. The van der Waals surface area contributed by atoms with Crippen molar-refractivity contribution in [2.24, 2.45) is 0 Å². The molecule has 0 aliphatic rings. The number of hydrogen-bond donors (Lipinski definition) is 3. The fourth-order valence-electron chi connectivity index (χ4n) is 1.14. The van der Waals surface area contributed by atoms with Crippen LogP contribution in [-0.4, -0.2) is 29.1 Å². The van der Waals surface area contributed by atoms with Gasteiger partial charge in [-0.2, -0.15) is 0 Å². The number of carbonyl (C=O) groups excluding carboxylic acids is 1. The van der Waals surface area contributed by atoms with Gasteiger partial charge >= 0.3 is 0 Å². The molecule has 1 aromatic rings. The van der Waals surface area contributed by atoms with Crippen molar-refractivity contribution in [2.45, 2.75) is 0 Å². The molecular weight excluding hydrogens is 214 g/mol. The minimum atomic E-state index is -0.626. The normalized spacial score (nSPS) is 9.81. The maximum absolute atomic E-state index is 11.4. The standard InChI is InChI=1S/C9H11N3O4/c10-7-3-6(9(14)11-1-2-13)4-8(5-7)12(15)16/h3-5,13H,1-2,10H2,(H,11,14). The molecule has 0 atom stereocenters. The van der Waals surface area contributed by atoms with E-state index in [-0.39, 0.29) is 30.1 Å². The van der Waals surface area contributed by atoms with E-state index in [2.05, 4.69) is 5.32 Å². The topological polar surface area (TPSA) is 118 Å². The summed E-state index contributed by atoms with van der Waals surface area (Å²) in [5.74, 6) is -0.510. The first-order chi connectivity index (χ1) is 7.54. The van der Waals surface area contributed by atoms with E-state index >= 15 is 0 Å². The second-order valence-corrected chi connectivity index (χ2v) is 3.05. The van der Waals surface area contributed by atoms with E-state index in [1.807, 2.05) is 0 Å². The summed E-state index contributed by atoms with van der Waals surface area (Å²) in [5, 5.41) is 21.4. The molecule has 7 nitrogen and oxygen atoms in total. The smallest absolute Gasteiger partial charge is 0.272 e. The van der Waals surface area contributed by atoms with E-state index in [4.69, 9.17) is 10.8 Å². The third-order valence-electron chi connectivity index (χ3n) is 1.81. The molecule has 0 spiro atoms. The van der Waals surface area contributed by atoms with Gasteiger partial charge in [-0.05, 0) is 6.07 Å². The van der Waals surface area contributed by atoms with Crippen molar-refractivity contribution >= 4 is 17.3 Å². The van der Waals surface area contributed by atoms with E-state index in [0.29, 0.717) is 0 Å². The van der Waals surface area contributed by atoms with Gasteiger partial charge in [0, 0.05) is 29.9 Å². The van der Waals surface area contributed by atoms with Gasteiger partial charge in [0.2, 0.25) is 0 Å². The van der Waals surface area contributed by atoms with E-state index in [1.165, 1.54) is 12.1 Å². The summed E-state index contributed by atoms with van der Waals surface area (Å²) in [7, 11) is 0. The SMILES string of the molecule is Nc1cc(C(=O)NCCO)cc([N+](=O)[O-])c1. The molecule has 7 heteroatoms. The molecule has 1 amide bonds. The molecule has 0 aliphatic heterocycles. The Hall–Kier alpha value is -2.15. The zero-order chi connectivity index (χ0) is 12.1. The number of nitro groups is 1. The number of nitro benzene ring substituents is 1. The van der Waals surface area contributed by atoms with E-state index in [0.717, 1.165) is 6.07 Å². The van der Waals surface area contributed by atoms with Crippen LogP contribution in [0.2, 0.25) is 0 Å². The summed E-state index contributed by atoms with van der Waals surface area (Å²) in [5.41, 5.74) is 5.43. The number of aliphatic hydroxyl groups is 1. The number of anilines is 1. The molecule has 0 bridgehead atoms. The Morgan fingerprint density at radius 3 is 2.75 bits per heavy atom. The van der Waals surface area contributed by atoms with E-state index in [1.54, 1.807) is 0 Å². The summed E-state index contributed by atoms with van der Waals surface area (Å²) >= 11 is 0. The van der Waals surface area contributed by atoms with Crippen LogP contribution < -0.4 is 11.1 Å². The van der Waals surface area contributed by atoms with Crippen molar-refractivity contribution in [3.8, 4) is 0 Å². The number of amides is 1. The molecule has 1 rings (SSSR count). The van der Waals surface area contributed by atoms with Crippen molar-refractivity contribution in [2.75, 3.05) is 18.9 Å².